The molecule has 0 saturated heterocycles. The van der Waals surface area contributed by atoms with E-state index in [4.69, 9.17) is 22.1 Å². The van der Waals surface area contributed by atoms with Crippen LogP contribution in [0.25, 0.3) is 0 Å². The zero-order valence-corrected chi connectivity index (χ0v) is 11.8. The Morgan fingerprint density at radius 3 is 2.89 bits per heavy atom. The highest BCUT2D eigenvalue weighted by molar-refractivity contribution is 6.30. The van der Waals surface area contributed by atoms with Gasteiger partial charge in [-0.25, -0.2) is 0 Å². The first kappa shape index (κ1) is 13.9. The van der Waals surface area contributed by atoms with Crippen molar-refractivity contribution >= 4 is 11.6 Å². The van der Waals surface area contributed by atoms with E-state index in [1.54, 1.807) is 12.3 Å². The number of hydrogen-bond donors (Lipinski definition) is 1. The number of aromatic nitrogens is 2. The van der Waals surface area contributed by atoms with Crippen LogP contribution >= 0.6 is 11.6 Å². The van der Waals surface area contributed by atoms with Gasteiger partial charge in [-0.1, -0.05) is 17.7 Å². The van der Waals surface area contributed by atoms with Crippen molar-refractivity contribution < 1.29 is 4.74 Å². The van der Waals surface area contributed by atoms with Crippen molar-refractivity contribution in [1.82, 2.24) is 9.78 Å². The topological polar surface area (TPSA) is 53.1 Å². The lowest BCUT2D eigenvalue weighted by Crippen LogP contribution is -2.30. The largest absolute Gasteiger partial charge is 0.489 e. The molecule has 1 heterocycles. The summed E-state index contributed by atoms with van der Waals surface area (Å²) in [7, 11) is 0. The van der Waals surface area contributed by atoms with Gasteiger partial charge in [0.05, 0.1) is 11.7 Å². The molecule has 0 saturated carbocycles. The fraction of sp³-hybridized carbons (Fsp3) is 0.357. The average Bonchev–Trinajstić information content (AvgIpc) is 2.86. The SMILES string of the molecule is CCn1nccc1C(N)C(C)Oc1cccc(Cl)c1. The van der Waals surface area contributed by atoms with E-state index in [0.29, 0.717) is 5.02 Å². The second-order valence-corrected chi connectivity index (χ2v) is 4.81. The minimum Gasteiger partial charge on any atom is -0.489 e. The molecule has 2 unspecified atom stereocenters. The second kappa shape index (κ2) is 6.08. The molecular formula is C14H18ClN3O. The fourth-order valence-corrected chi connectivity index (χ4v) is 2.14. The molecular weight excluding hydrogens is 262 g/mol. The van der Waals surface area contributed by atoms with Gasteiger partial charge in [0.1, 0.15) is 11.9 Å². The summed E-state index contributed by atoms with van der Waals surface area (Å²) in [5.41, 5.74) is 7.20. The molecule has 1 aromatic heterocycles. The number of aryl methyl sites for hydroxylation is 1. The van der Waals surface area contributed by atoms with E-state index in [-0.39, 0.29) is 12.1 Å². The fourth-order valence-electron chi connectivity index (χ4n) is 1.96. The maximum absolute atomic E-state index is 6.23. The van der Waals surface area contributed by atoms with Crippen LogP contribution in [0, 0.1) is 0 Å². The molecule has 0 spiro atoms. The van der Waals surface area contributed by atoms with E-state index in [1.807, 2.05) is 42.8 Å². The van der Waals surface area contributed by atoms with Crippen molar-refractivity contribution in [3.8, 4) is 5.75 Å². The number of halogens is 1. The Morgan fingerprint density at radius 1 is 1.42 bits per heavy atom. The van der Waals surface area contributed by atoms with Crippen LogP contribution in [0.2, 0.25) is 5.02 Å². The first-order valence-corrected chi connectivity index (χ1v) is 6.69. The maximum atomic E-state index is 6.23. The predicted molar refractivity (Wildman–Crippen MR) is 76.4 cm³/mol. The van der Waals surface area contributed by atoms with Crippen LogP contribution in [0.15, 0.2) is 36.5 Å². The van der Waals surface area contributed by atoms with E-state index >= 15 is 0 Å². The third-order valence-corrected chi connectivity index (χ3v) is 3.25. The molecule has 2 N–H and O–H groups in total. The van der Waals surface area contributed by atoms with E-state index < -0.39 is 0 Å². The molecule has 1 aromatic carbocycles. The molecule has 2 rings (SSSR count). The Bertz CT molecular complexity index is 541. The van der Waals surface area contributed by atoms with Gasteiger partial charge < -0.3 is 10.5 Å². The number of hydrogen-bond acceptors (Lipinski definition) is 3. The first-order valence-electron chi connectivity index (χ1n) is 6.31. The average molecular weight is 280 g/mol. The van der Waals surface area contributed by atoms with Crippen molar-refractivity contribution in [3.63, 3.8) is 0 Å². The van der Waals surface area contributed by atoms with Gasteiger partial charge >= 0.3 is 0 Å². The summed E-state index contributed by atoms with van der Waals surface area (Å²) in [6.45, 7) is 4.77. The van der Waals surface area contributed by atoms with Crippen molar-refractivity contribution in [2.24, 2.45) is 5.73 Å². The Kier molecular flexibility index (Phi) is 4.45. The Morgan fingerprint density at radius 2 is 2.21 bits per heavy atom. The molecule has 2 aromatic rings. The zero-order valence-electron chi connectivity index (χ0n) is 11.1. The number of ether oxygens (including phenoxy) is 1. The van der Waals surface area contributed by atoms with Gasteiger partial charge in [0.2, 0.25) is 0 Å². The van der Waals surface area contributed by atoms with Crippen molar-refractivity contribution in [1.29, 1.82) is 0 Å². The van der Waals surface area contributed by atoms with Crippen molar-refractivity contribution in [2.75, 3.05) is 0 Å². The smallest absolute Gasteiger partial charge is 0.121 e. The summed E-state index contributed by atoms with van der Waals surface area (Å²) in [5.74, 6) is 0.720. The highest BCUT2D eigenvalue weighted by Crippen LogP contribution is 2.22. The van der Waals surface area contributed by atoms with Gasteiger partial charge in [-0.3, -0.25) is 4.68 Å². The monoisotopic (exact) mass is 279 g/mol. The summed E-state index contributed by atoms with van der Waals surface area (Å²) >= 11 is 5.93. The van der Waals surface area contributed by atoms with Gasteiger partial charge in [0.25, 0.3) is 0 Å². The Hall–Kier alpha value is -1.52. The van der Waals surface area contributed by atoms with Crippen LogP contribution in [0.1, 0.15) is 25.6 Å². The van der Waals surface area contributed by atoms with Gasteiger partial charge in [-0.05, 0) is 38.1 Å². The highest BCUT2D eigenvalue weighted by Gasteiger charge is 2.20. The quantitative estimate of drug-likeness (QED) is 0.915. The molecule has 102 valence electrons. The van der Waals surface area contributed by atoms with Crippen molar-refractivity contribution in [2.45, 2.75) is 32.5 Å². The van der Waals surface area contributed by atoms with Crippen LogP contribution in [0.4, 0.5) is 0 Å². The van der Waals surface area contributed by atoms with E-state index in [9.17, 15) is 0 Å². The summed E-state index contributed by atoms with van der Waals surface area (Å²) < 4.78 is 7.71. The number of rotatable bonds is 5. The lowest BCUT2D eigenvalue weighted by Gasteiger charge is -2.22. The van der Waals surface area contributed by atoms with Gasteiger partial charge in [-0.2, -0.15) is 5.10 Å². The van der Waals surface area contributed by atoms with Crippen LogP contribution in [-0.2, 0) is 6.54 Å². The number of benzene rings is 1. The lowest BCUT2D eigenvalue weighted by molar-refractivity contribution is 0.186. The molecule has 19 heavy (non-hydrogen) atoms. The lowest BCUT2D eigenvalue weighted by atomic mass is 10.1. The van der Waals surface area contributed by atoms with E-state index in [2.05, 4.69) is 5.10 Å². The standard InChI is InChI=1S/C14H18ClN3O/c1-3-18-13(7-8-17-18)14(16)10(2)19-12-6-4-5-11(15)9-12/h4-10,14H,3,16H2,1-2H3. The highest BCUT2D eigenvalue weighted by atomic mass is 35.5. The number of nitrogens with zero attached hydrogens (tertiary/aromatic N) is 2. The molecule has 2 atom stereocenters. The minimum atomic E-state index is -0.235. The second-order valence-electron chi connectivity index (χ2n) is 4.38. The Labute approximate surface area is 118 Å². The third-order valence-electron chi connectivity index (χ3n) is 3.01. The van der Waals surface area contributed by atoms with Crippen LogP contribution in [0.5, 0.6) is 5.75 Å². The zero-order chi connectivity index (χ0) is 13.8. The summed E-state index contributed by atoms with van der Waals surface area (Å²) in [5, 5.41) is 4.87. The predicted octanol–water partition coefficient (Wildman–Crippen LogP) is 3.02. The number of nitrogens with two attached hydrogens (primary N) is 1. The van der Waals surface area contributed by atoms with Crippen LogP contribution in [-0.4, -0.2) is 15.9 Å². The van der Waals surface area contributed by atoms with E-state index in [1.165, 1.54) is 0 Å². The molecule has 0 amide bonds. The molecule has 0 bridgehead atoms. The molecule has 0 radical (unpaired) electrons. The van der Waals surface area contributed by atoms with E-state index in [0.717, 1.165) is 18.0 Å². The normalized spacial score (nSPS) is 14.1. The molecule has 0 aliphatic rings. The molecule has 0 aliphatic carbocycles. The molecule has 5 heteroatoms. The van der Waals surface area contributed by atoms with Gasteiger partial charge in [0, 0.05) is 17.8 Å². The maximum Gasteiger partial charge on any atom is 0.121 e. The molecule has 0 aliphatic heterocycles. The molecule has 4 nitrogen and oxygen atoms in total. The summed E-state index contributed by atoms with van der Waals surface area (Å²) in [4.78, 5) is 0. The van der Waals surface area contributed by atoms with Crippen LogP contribution < -0.4 is 10.5 Å². The minimum absolute atomic E-state index is 0.166. The van der Waals surface area contributed by atoms with Crippen molar-refractivity contribution in [3.05, 3.63) is 47.2 Å². The molecule has 0 fully saturated rings. The third kappa shape index (κ3) is 3.28. The van der Waals surface area contributed by atoms with Crippen LogP contribution in [0.3, 0.4) is 0 Å². The van der Waals surface area contributed by atoms with Gasteiger partial charge in [-0.15, -0.1) is 0 Å². The summed E-state index contributed by atoms with van der Waals surface area (Å²) in [6.07, 6.45) is 1.59. The summed E-state index contributed by atoms with van der Waals surface area (Å²) in [6, 6.07) is 9.00. The van der Waals surface area contributed by atoms with Gasteiger partial charge in [0.15, 0.2) is 0 Å². The Balaban J connectivity index is 2.09. The first-order chi connectivity index (χ1) is 9.11.